The van der Waals surface area contributed by atoms with Gasteiger partial charge in [0.1, 0.15) is 21.3 Å². The van der Waals surface area contributed by atoms with Gasteiger partial charge in [-0.15, -0.1) is 4.36 Å². The molecule has 4 amide bonds. The van der Waals surface area contributed by atoms with Gasteiger partial charge < -0.3 is 28.9 Å². The third-order valence-electron chi connectivity index (χ3n) is 12.3. The Morgan fingerprint density at radius 2 is 1.89 bits per heavy atom. The molecule has 3 aliphatic heterocycles. The van der Waals surface area contributed by atoms with E-state index in [4.69, 9.17) is 25.8 Å². The summed E-state index contributed by atoms with van der Waals surface area (Å²) in [7, 11) is -1.85. The smallest absolute Gasteiger partial charge is 0.410 e. The number of hydrogen-bond donors (Lipinski definition) is 1. The lowest BCUT2D eigenvalue weighted by Crippen LogP contribution is -2.58. The average Bonchev–Trinajstić information content (AvgIpc) is 3.28. The molecule has 0 radical (unpaired) electrons. The summed E-state index contributed by atoms with van der Waals surface area (Å²) in [4.78, 5) is 46.3. The summed E-state index contributed by atoms with van der Waals surface area (Å²) in [5, 5.41) is 0.731. The minimum Gasteiger partial charge on any atom is -0.490 e. The second-order valence-corrected chi connectivity index (χ2v) is 20.3. The molecule has 1 unspecified atom stereocenters. The number of carbonyl (C=O) groups excluding carboxylic acids is 3. The van der Waals surface area contributed by atoms with E-state index in [0.717, 1.165) is 49.4 Å². The molecule has 1 spiro atoms. The van der Waals surface area contributed by atoms with Crippen LogP contribution < -0.4 is 14.4 Å². The molecule has 7 atom stereocenters. The van der Waals surface area contributed by atoms with E-state index in [2.05, 4.69) is 38.3 Å². The van der Waals surface area contributed by atoms with Crippen molar-refractivity contribution in [2.24, 2.45) is 22.1 Å². The molecule has 1 saturated carbocycles. The third-order valence-corrected chi connectivity index (χ3v) is 14.5. The molecular formula is C43H58ClN5O7S. The molecule has 7 rings (SSSR count). The molecule has 2 aromatic carbocycles. The first-order valence-corrected chi connectivity index (χ1v) is 22.5. The van der Waals surface area contributed by atoms with Crippen molar-refractivity contribution in [1.29, 1.82) is 0 Å². The fourth-order valence-electron chi connectivity index (χ4n) is 9.30. The first-order valence-electron chi connectivity index (χ1n) is 20.4. The highest BCUT2D eigenvalue weighted by Crippen LogP contribution is 2.47. The van der Waals surface area contributed by atoms with Crippen molar-refractivity contribution in [2.75, 3.05) is 57.1 Å². The van der Waals surface area contributed by atoms with Gasteiger partial charge in [0, 0.05) is 61.9 Å². The fraction of sp³-hybridized carbons (Fsp3) is 0.605. The fourth-order valence-corrected chi connectivity index (χ4v) is 11.4. The van der Waals surface area contributed by atoms with Gasteiger partial charge in [0.15, 0.2) is 0 Å². The van der Waals surface area contributed by atoms with Gasteiger partial charge in [-0.25, -0.2) is 13.8 Å². The number of halogens is 1. The van der Waals surface area contributed by atoms with Gasteiger partial charge in [-0.3, -0.25) is 9.52 Å². The van der Waals surface area contributed by atoms with Crippen molar-refractivity contribution in [3.63, 3.8) is 0 Å². The number of hydrogen-bond acceptors (Lipinski definition) is 8. The van der Waals surface area contributed by atoms with Crippen molar-refractivity contribution in [3.05, 3.63) is 70.3 Å². The molecule has 2 bridgehead atoms. The summed E-state index contributed by atoms with van der Waals surface area (Å²) >= 11 is 6.48. The molecule has 3 heterocycles. The Morgan fingerprint density at radius 1 is 1.09 bits per heavy atom. The Labute approximate surface area is 342 Å². The lowest BCUT2D eigenvalue weighted by molar-refractivity contribution is 0.00552. The molecular weight excluding hydrogens is 766 g/mol. The summed E-state index contributed by atoms with van der Waals surface area (Å²) in [5.41, 5.74) is 2.66. The van der Waals surface area contributed by atoms with Crippen LogP contribution in [0.15, 0.2) is 52.9 Å². The molecule has 310 valence electrons. The lowest BCUT2D eigenvalue weighted by Gasteiger charge is -2.46. The Balaban J connectivity index is 1.21. The molecule has 57 heavy (non-hydrogen) atoms. The van der Waals surface area contributed by atoms with Gasteiger partial charge in [0.25, 0.3) is 5.91 Å². The topological polar surface area (TPSA) is 130 Å². The largest absolute Gasteiger partial charge is 0.490 e. The van der Waals surface area contributed by atoms with Gasteiger partial charge in [0.05, 0.1) is 24.2 Å². The zero-order valence-corrected chi connectivity index (χ0v) is 35.7. The van der Waals surface area contributed by atoms with Crippen molar-refractivity contribution in [2.45, 2.75) is 96.3 Å². The number of fused-ring (bicyclic) bond motifs is 4. The van der Waals surface area contributed by atoms with E-state index in [0.29, 0.717) is 37.2 Å². The second kappa shape index (κ2) is 16.4. The van der Waals surface area contributed by atoms with E-state index in [1.165, 1.54) is 16.0 Å². The van der Waals surface area contributed by atoms with Crippen LogP contribution in [0.5, 0.6) is 5.75 Å². The molecule has 0 aromatic heterocycles. The molecule has 2 aliphatic carbocycles. The van der Waals surface area contributed by atoms with Gasteiger partial charge in [-0.1, -0.05) is 36.7 Å². The number of benzene rings is 2. The van der Waals surface area contributed by atoms with Crippen LogP contribution in [-0.4, -0.2) is 102 Å². The monoisotopic (exact) mass is 823 g/mol. The van der Waals surface area contributed by atoms with Crippen LogP contribution in [0.25, 0.3) is 0 Å². The Morgan fingerprint density at radius 3 is 2.61 bits per heavy atom. The van der Waals surface area contributed by atoms with Crippen LogP contribution in [-0.2, 0) is 31.2 Å². The number of amides is 4. The van der Waals surface area contributed by atoms with Crippen LogP contribution in [0.2, 0.25) is 5.02 Å². The first kappa shape index (κ1) is 41.4. The van der Waals surface area contributed by atoms with Crippen molar-refractivity contribution in [3.8, 4) is 5.75 Å². The maximum absolute atomic E-state index is 14.8. The minimum atomic E-state index is -3.60. The maximum Gasteiger partial charge on any atom is 0.410 e. The van der Waals surface area contributed by atoms with E-state index < -0.39 is 33.5 Å². The van der Waals surface area contributed by atoms with Gasteiger partial charge in [-0.2, -0.15) is 0 Å². The van der Waals surface area contributed by atoms with Gasteiger partial charge >= 0.3 is 12.1 Å². The second-order valence-electron chi connectivity index (χ2n) is 17.8. The van der Waals surface area contributed by atoms with E-state index in [1.54, 1.807) is 18.1 Å². The summed E-state index contributed by atoms with van der Waals surface area (Å²) in [6.45, 7) is 11.8. The van der Waals surface area contributed by atoms with Gasteiger partial charge in [-0.05, 0) is 125 Å². The number of piperazine rings is 1. The van der Waals surface area contributed by atoms with E-state index in [1.807, 2.05) is 52.8 Å². The maximum atomic E-state index is 14.8. The average molecular weight is 824 g/mol. The van der Waals surface area contributed by atoms with Crippen LogP contribution in [0.4, 0.5) is 15.3 Å². The Kier molecular flexibility index (Phi) is 11.9. The number of ether oxygens (including phenoxy) is 3. The van der Waals surface area contributed by atoms with Crippen LogP contribution >= 0.6 is 11.6 Å². The van der Waals surface area contributed by atoms with E-state index in [-0.39, 0.29) is 54.4 Å². The quantitative estimate of drug-likeness (QED) is 0.307. The molecule has 2 fully saturated rings. The predicted molar refractivity (Wildman–Crippen MR) is 222 cm³/mol. The number of carbonyl (C=O) groups is 3. The number of nitrogens with one attached hydrogen (secondary N) is 1. The number of methoxy groups -OCH3 is 1. The zero-order valence-electron chi connectivity index (χ0n) is 34.1. The van der Waals surface area contributed by atoms with Crippen LogP contribution in [0, 0.1) is 17.8 Å². The summed E-state index contributed by atoms with van der Waals surface area (Å²) in [5.74, 6) is 0.491. The van der Waals surface area contributed by atoms with E-state index in [9.17, 15) is 18.6 Å². The standard InChI is InChI=1S/C43H58ClN5O7S/c1-28-9-7-11-37(54-6)34-15-12-32(34)24-48-26-43(18-8-10-30-21-33(44)14-16-35(30)43)27-55-38-17-13-31(22-36(38)48)39(50)45-57(53,25-28)46-40(51)47-19-20-49(29(2)23-47)41(52)56-42(3,4)5/h7,11,13-14,16-17,21-22,28-29,32,34,37H,8-10,12,15,18-20,23-27H2,1-6H3,(H,45,46,50,51,53)/b11-7+/t28-,29+,32-,34+,37-,43-,57?/m0/s1. The SMILES string of the molecule is CO[C@H]1/C=C/C[C@H](C)CS(=O)(NC(=O)N2CCN(C(=O)OC(C)(C)C)[C@H](C)C2)=NC(=O)c2ccc3c(c2)N(C[C@@H]2CC[C@H]21)C[C@@]1(CCCc2cc(Cl)ccc21)CO3. The minimum absolute atomic E-state index is 0.0297. The summed E-state index contributed by atoms with van der Waals surface area (Å²) in [6.07, 6.45) is 9.29. The molecule has 14 heteroatoms. The number of rotatable bonds is 2. The highest BCUT2D eigenvalue weighted by atomic mass is 35.5. The zero-order chi connectivity index (χ0) is 40.7. The highest BCUT2D eigenvalue weighted by molar-refractivity contribution is 7.92. The Bertz CT molecular complexity index is 2030. The van der Waals surface area contributed by atoms with Crippen molar-refractivity contribution in [1.82, 2.24) is 14.5 Å². The van der Waals surface area contributed by atoms with Crippen molar-refractivity contribution < 1.29 is 32.8 Å². The number of nitrogens with zero attached hydrogens (tertiary/aromatic N) is 4. The van der Waals surface area contributed by atoms with Crippen LogP contribution in [0.3, 0.4) is 0 Å². The number of aryl methyl sites for hydroxylation is 1. The number of anilines is 1. The molecule has 2 aromatic rings. The normalized spacial score (nSPS) is 31.1. The predicted octanol–water partition coefficient (Wildman–Crippen LogP) is 7.62. The molecule has 1 saturated heterocycles. The van der Waals surface area contributed by atoms with Crippen molar-refractivity contribution >= 4 is 45.2 Å². The first-order chi connectivity index (χ1) is 27.0. The summed E-state index contributed by atoms with van der Waals surface area (Å²) < 4.78 is 40.1. The van der Waals surface area contributed by atoms with Crippen LogP contribution in [0.1, 0.15) is 88.2 Å². The molecule has 12 nitrogen and oxygen atoms in total. The third kappa shape index (κ3) is 9.10. The highest BCUT2D eigenvalue weighted by Gasteiger charge is 2.44. The lowest BCUT2D eigenvalue weighted by atomic mass is 9.68. The van der Waals surface area contributed by atoms with E-state index >= 15 is 0 Å². The molecule has 5 aliphatic rings. The van der Waals surface area contributed by atoms with Gasteiger partial charge in [0.2, 0.25) is 0 Å². The number of urea groups is 1. The number of allylic oxidation sites excluding steroid dienone is 1. The molecule has 1 N–H and O–H groups in total. The Hall–Kier alpha value is -3.81. The summed E-state index contributed by atoms with van der Waals surface area (Å²) in [6, 6.07) is 10.6.